The lowest BCUT2D eigenvalue weighted by Crippen LogP contribution is -2.32. The van der Waals surface area contributed by atoms with Crippen molar-refractivity contribution in [3.63, 3.8) is 0 Å². The molecule has 0 aliphatic carbocycles. The van der Waals surface area contributed by atoms with Gasteiger partial charge in [-0.1, -0.05) is 5.16 Å². The van der Waals surface area contributed by atoms with E-state index in [4.69, 9.17) is 8.94 Å². The van der Waals surface area contributed by atoms with Crippen LogP contribution in [0.3, 0.4) is 0 Å². The van der Waals surface area contributed by atoms with Gasteiger partial charge in [-0.15, -0.1) is 0 Å². The van der Waals surface area contributed by atoms with Crippen LogP contribution in [0.1, 0.15) is 25.1 Å². The zero-order valence-corrected chi connectivity index (χ0v) is 11.7. The molecule has 1 N–H and O–H groups in total. The first-order valence-corrected chi connectivity index (χ1v) is 7.10. The molecule has 2 aromatic heterocycles. The average Bonchev–Trinajstić information content (AvgIpc) is 3.05. The van der Waals surface area contributed by atoms with E-state index >= 15 is 0 Å². The van der Waals surface area contributed by atoms with Gasteiger partial charge in [-0.2, -0.15) is 4.98 Å². The van der Waals surface area contributed by atoms with E-state index in [9.17, 15) is 0 Å². The maximum atomic E-state index is 5.25. The Labute approximate surface area is 118 Å². The minimum absolute atomic E-state index is 0.445. The monoisotopic (exact) mass is 276 g/mol. The summed E-state index contributed by atoms with van der Waals surface area (Å²) in [6, 6.07) is 4.21. The summed E-state index contributed by atoms with van der Waals surface area (Å²) >= 11 is 0. The molecule has 1 unspecified atom stereocenters. The van der Waals surface area contributed by atoms with Crippen molar-refractivity contribution >= 4 is 0 Å². The maximum Gasteiger partial charge on any atom is 0.293 e. The highest BCUT2D eigenvalue weighted by atomic mass is 16.5. The van der Waals surface area contributed by atoms with E-state index in [1.54, 1.807) is 6.26 Å². The maximum absolute atomic E-state index is 5.25. The van der Waals surface area contributed by atoms with Gasteiger partial charge in [0.15, 0.2) is 11.6 Å². The molecule has 6 heteroatoms. The fourth-order valence-corrected chi connectivity index (χ4v) is 2.61. The summed E-state index contributed by atoms with van der Waals surface area (Å²) in [6.07, 6.45) is 5.20. The van der Waals surface area contributed by atoms with Crippen LogP contribution in [0.5, 0.6) is 0 Å². The summed E-state index contributed by atoms with van der Waals surface area (Å²) < 4.78 is 10.5. The molecule has 1 aliphatic heterocycles. The molecule has 1 fully saturated rings. The van der Waals surface area contributed by atoms with Crippen molar-refractivity contribution in [1.82, 2.24) is 20.4 Å². The minimum atomic E-state index is 0.445. The first kappa shape index (κ1) is 13.3. The van der Waals surface area contributed by atoms with Gasteiger partial charge < -0.3 is 14.3 Å². The molecule has 0 saturated carbocycles. The second-order valence-electron chi connectivity index (χ2n) is 5.24. The molecule has 3 heterocycles. The van der Waals surface area contributed by atoms with Crippen LogP contribution in [0.15, 0.2) is 27.3 Å². The van der Waals surface area contributed by atoms with Crippen LogP contribution in [0.4, 0.5) is 0 Å². The van der Waals surface area contributed by atoms with Gasteiger partial charge >= 0.3 is 0 Å². The van der Waals surface area contributed by atoms with E-state index in [1.165, 1.54) is 19.3 Å². The molecule has 1 saturated heterocycles. The van der Waals surface area contributed by atoms with Gasteiger partial charge in [0.2, 0.25) is 0 Å². The zero-order chi connectivity index (χ0) is 13.8. The Morgan fingerprint density at radius 2 is 2.35 bits per heavy atom. The molecule has 0 radical (unpaired) electrons. The van der Waals surface area contributed by atoms with Crippen molar-refractivity contribution in [2.24, 2.45) is 0 Å². The van der Waals surface area contributed by atoms with Crippen LogP contribution >= 0.6 is 0 Å². The SMILES string of the molecule is CN(Cc1noc(-c2ccco2)n1)C1CCCNCC1. The minimum Gasteiger partial charge on any atom is -0.459 e. The molecule has 2 aromatic rings. The zero-order valence-electron chi connectivity index (χ0n) is 11.7. The number of nitrogens with zero attached hydrogens (tertiary/aromatic N) is 3. The van der Waals surface area contributed by atoms with Gasteiger partial charge in [0.25, 0.3) is 5.89 Å². The number of rotatable bonds is 4. The van der Waals surface area contributed by atoms with Gasteiger partial charge in [-0.25, -0.2) is 0 Å². The summed E-state index contributed by atoms with van der Waals surface area (Å²) in [5.41, 5.74) is 0. The molecule has 0 spiro atoms. The second-order valence-corrected chi connectivity index (χ2v) is 5.24. The second kappa shape index (κ2) is 6.19. The largest absolute Gasteiger partial charge is 0.459 e. The molecule has 1 atom stereocenters. The van der Waals surface area contributed by atoms with E-state index in [0.717, 1.165) is 13.1 Å². The molecule has 20 heavy (non-hydrogen) atoms. The lowest BCUT2D eigenvalue weighted by molar-refractivity contribution is 0.209. The molecule has 0 bridgehead atoms. The van der Waals surface area contributed by atoms with Gasteiger partial charge in [0, 0.05) is 6.04 Å². The molecular formula is C14H20N4O2. The van der Waals surface area contributed by atoms with Crippen molar-refractivity contribution in [2.45, 2.75) is 31.8 Å². The van der Waals surface area contributed by atoms with Gasteiger partial charge in [0.1, 0.15) is 0 Å². The smallest absolute Gasteiger partial charge is 0.293 e. The number of nitrogens with one attached hydrogen (secondary N) is 1. The molecule has 0 amide bonds. The number of hydrogen-bond donors (Lipinski definition) is 1. The number of hydrogen-bond acceptors (Lipinski definition) is 6. The average molecular weight is 276 g/mol. The van der Waals surface area contributed by atoms with E-state index in [2.05, 4.69) is 27.4 Å². The van der Waals surface area contributed by atoms with Crippen molar-refractivity contribution in [2.75, 3.05) is 20.1 Å². The molecule has 108 valence electrons. The molecule has 6 nitrogen and oxygen atoms in total. The Kier molecular flexibility index (Phi) is 4.13. The van der Waals surface area contributed by atoms with Crippen LogP contribution in [0, 0.1) is 0 Å². The highest BCUT2D eigenvalue weighted by Gasteiger charge is 2.19. The Morgan fingerprint density at radius 1 is 1.40 bits per heavy atom. The van der Waals surface area contributed by atoms with Crippen LogP contribution < -0.4 is 5.32 Å². The van der Waals surface area contributed by atoms with Crippen LogP contribution in [0.25, 0.3) is 11.7 Å². The van der Waals surface area contributed by atoms with Crippen molar-refractivity contribution in [3.8, 4) is 11.7 Å². The Balaban J connectivity index is 1.62. The first-order chi connectivity index (χ1) is 9.83. The molecule has 0 aromatic carbocycles. The summed E-state index contributed by atoms with van der Waals surface area (Å²) in [7, 11) is 2.12. The Hall–Kier alpha value is -1.66. The lowest BCUT2D eigenvalue weighted by Gasteiger charge is -2.25. The summed E-state index contributed by atoms with van der Waals surface area (Å²) in [6.45, 7) is 2.91. The lowest BCUT2D eigenvalue weighted by atomic mass is 10.1. The van der Waals surface area contributed by atoms with E-state index in [-0.39, 0.29) is 0 Å². The van der Waals surface area contributed by atoms with Gasteiger partial charge in [-0.3, -0.25) is 4.90 Å². The van der Waals surface area contributed by atoms with Crippen LogP contribution in [-0.2, 0) is 6.54 Å². The molecular weight excluding hydrogens is 256 g/mol. The van der Waals surface area contributed by atoms with Crippen molar-refractivity contribution in [3.05, 3.63) is 24.2 Å². The third-order valence-electron chi connectivity index (χ3n) is 3.76. The summed E-state index contributed by atoms with van der Waals surface area (Å²) in [4.78, 5) is 6.69. The standard InChI is InChI=1S/C14H20N4O2/c1-18(11-4-2-7-15-8-6-11)10-13-16-14(20-17-13)12-5-3-9-19-12/h3,5,9,11,15H,2,4,6-8,10H2,1H3. The quantitative estimate of drug-likeness (QED) is 0.920. The van der Waals surface area contributed by atoms with Gasteiger partial charge in [0.05, 0.1) is 12.8 Å². The van der Waals surface area contributed by atoms with Crippen LogP contribution in [0.2, 0.25) is 0 Å². The normalized spacial score (nSPS) is 20.2. The number of furan rings is 1. The topological polar surface area (TPSA) is 67.3 Å². The van der Waals surface area contributed by atoms with E-state index in [0.29, 0.717) is 30.1 Å². The predicted octanol–water partition coefficient (Wildman–Crippen LogP) is 1.90. The number of aromatic nitrogens is 2. The van der Waals surface area contributed by atoms with E-state index in [1.807, 2.05) is 12.1 Å². The summed E-state index contributed by atoms with van der Waals surface area (Å²) in [5, 5.41) is 7.46. The highest BCUT2D eigenvalue weighted by Crippen LogP contribution is 2.19. The first-order valence-electron chi connectivity index (χ1n) is 7.10. The fourth-order valence-electron chi connectivity index (χ4n) is 2.61. The van der Waals surface area contributed by atoms with Gasteiger partial charge in [-0.05, 0) is 51.5 Å². The summed E-state index contributed by atoms with van der Waals surface area (Å²) in [5.74, 6) is 1.77. The van der Waals surface area contributed by atoms with Crippen LogP contribution in [-0.4, -0.2) is 41.2 Å². The van der Waals surface area contributed by atoms with Crippen molar-refractivity contribution in [1.29, 1.82) is 0 Å². The van der Waals surface area contributed by atoms with Crippen molar-refractivity contribution < 1.29 is 8.94 Å². The predicted molar refractivity (Wildman–Crippen MR) is 74.0 cm³/mol. The Bertz CT molecular complexity index is 515. The molecule has 1 aliphatic rings. The van der Waals surface area contributed by atoms with E-state index < -0.39 is 0 Å². The highest BCUT2D eigenvalue weighted by molar-refractivity contribution is 5.42. The molecule has 3 rings (SSSR count). The third-order valence-corrected chi connectivity index (χ3v) is 3.76. The third kappa shape index (κ3) is 3.08. The fraction of sp³-hybridized carbons (Fsp3) is 0.571. The Morgan fingerprint density at radius 3 is 3.20 bits per heavy atom.